The van der Waals surface area contributed by atoms with E-state index in [2.05, 4.69) is 36.4 Å². The van der Waals surface area contributed by atoms with Crippen LogP contribution in [0.5, 0.6) is 0 Å². The maximum atomic E-state index is 6.04. The van der Waals surface area contributed by atoms with Gasteiger partial charge >= 0.3 is 0 Å². The van der Waals surface area contributed by atoms with Crippen molar-refractivity contribution in [3.05, 3.63) is 52.3 Å². The highest BCUT2D eigenvalue weighted by atomic mass is 35.5. The number of halogens is 1. The van der Waals surface area contributed by atoms with Crippen molar-refractivity contribution >= 4 is 11.6 Å². The zero-order valence-electron chi connectivity index (χ0n) is 11.7. The van der Waals surface area contributed by atoms with Gasteiger partial charge in [-0.2, -0.15) is 5.10 Å². The van der Waals surface area contributed by atoms with Gasteiger partial charge in [0, 0.05) is 18.3 Å². The molecule has 19 heavy (non-hydrogen) atoms. The highest BCUT2D eigenvalue weighted by molar-refractivity contribution is 6.30. The van der Waals surface area contributed by atoms with E-state index in [1.54, 1.807) is 0 Å². The van der Waals surface area contributed by atoms with E-state index in [-0.39, 0.29) is 6.04 Å². The Kier molecular flexibility index (Phi) is 4.61. The number of nitrogens with zero attached hydrogens (tertiary/aromatic N) is 2. The Balaban J connectivity index is 2.36. The summed E-state index contributed by atoms with van der Waals surface area (Å²) >= 11 is 6.04. The Morgan fingerprint density at radius 3 is 2.74 bits per heavy atom. The largest absolute Gasteiger partial charge is 0.305 e. The van der Waals surface area contributed by atoms with Crippen LogP contribution in [0.15, 0.2) is 30.5 Å². The summed E-state index contributed by atoms with van der Waals surface area (Å²) in [6.45, 7) is 5.21. The van der Waals surface area contributed by atoms with E-state index >= 15 is 0 Å². The predicted octanol–water partition coefficient (Wildman–Crippen LogP) is 3.47. The molecule has 1 unspecified atom stereocenters. The maximum Gasteiger partial charge on any atom is 0.0839 e. The van der Waals surface area contributed by atoms with Gasteiger partial charge in [-0.05, 0) is 49.2 Å². The maximum absolute atomic E-state index is 6.04. The van der Waals surface area contributed by atoms with E-state index in [1.165, 1.54) is 11.1 Å². The van der Waals surface area contributed by atoms with Crippen LogP contribution in [0, 0.1) is 6.92 Å². The van der Waals surface area contributed by atoms with E-state index in [0.717, 1.165) is 23.7 Å². The molecule has 4 heteroatoms. The van der Waals surface area contributed by atoms with Crippen LogP contribution in [-0.4, -0.2) is 16.3 Å². The van der Waals surface area contributed by atoms with Crippen LogP contribution in [0.25, 0.3) is 0 Å². The summed E-state index contributed by atoms with van der Waals surface area (Å²) in [5, 5.41) is 8.86. The summed E-state index contributed by atoms with van der Waals surface area (Å²) in [4.78, 5) is 0. The fourth-order valence-electron chi connectivity index (χ4n) is 2.21. The standard InChI is InChI=1S/C15H20ClN3/c1-4-8-17-15(14-7-9-19(3)18-14)13-6-5-12(16)10-11(13)2/h5-7,9-10,15,17H,4,8H2,1-3H3. The van der Waals surface area contributed by atoms with Gasteiger partial charge in [0.05, 0.1) is 11.7 Å². The summed E-state index contributed by atoms with van der Waals surface area (Å²) in [5.74, 6) is 0. The van der Waals surface area contributed by atoms with Gasteiger partial charge < -0.3 is 5.32 Å². The SMILES string of the molecule is CCCNC(c1ccn(C)n1)c1ccc(Cl)cc1C. The van der Waals surface area contributed by atoms with Crippen molar-refractivity contribution in [2.75, 3.05) is 6.54 Å². The summed E-state index contributed by atoms with van der Waals surface area (Å²) < 4.78 is 1.83. The molecule has 1 N–H and O–H groups in total. The van der Waals surface area contributed by atoms with Crippen molar-refractivity contribution in [3.63, 3.8) is 0 Å². The third-order valence-corrected chi connectivity index (χ3v) is 3.41. The number of aryl methyl sites for hydroxylation is 2. The van der Waals surface area contributed by atoms with Crippen molar-refractivity contribution in [2.45, 2.75) is 26.3 Å². The summed E-state index contributed by atoms with van der Waals surface area (Å²) in [6.07, 6.45) is 3.07. The molecular formula is C15H20ClN3. The quantitative estimate of drug-likeness (QED) is 0.907. The van der Waals surface area contributed by atoms with Crippen molar-refractivity contribution in [1.82, 2.24) is 15.1 Å². The molecule has 2 rings (SSSR count). The van der Waals surface area contributed by atoms with Gasteiger partial charge in [-0.1, -0.05) is 24.6 Å². The number of rotatable bonds is 5. The van der Waals surface area contributed by atoms with Gasteiger partial charge in [-0.25, -0.2) is 0 Å². The fraction of sp³-hybridized carbons (Fsp3) is 0.400. The molecule has 0 saturated carbocycles. The zero-order chi connectivity index (χ0) is 13.8. The first-order valence-electron chi connectivity index (χ1n) is 6.60. The normalized spacial score (nSPS) is 12.6. The Labute approximate surface area is 119 Å². The van der Waals surface area contributed by atoms with E-state index in [0.29, 0.717) is 0 Å². The molecule has 1 aromatic heterocycles. The van der Waals surface area contributed by atoms with E-state index in [4.69, 9.17) is 11.6 Å². The van der Waals surface area contributed by atoms with Gasteiger partial charge in [0.25, 0.3) is 0 Å². The monoisotopic (exact) mass is 277 g/mol. The Morgan fingerprint density at radius 1 is 1.37 bits per heavy atom. The molecule has 0 amide bonds. The minimum atomic E-state index is 0.124. The lowest BCUT2D eigenvalue weighted by Crippen LogP contribution is -2.24. The zero-order valence-corrected chi connectivity index (χ0v) is 12.4. The molecule has 102 valence electrons. The molecule has 0 aliphatic rings. The molecule has 0 bridgehead atoms. The van der Waals surface area contributed by atoms with Crippen molar-refractivity contribution in [3.8, 4) is 0 Å². The first kappa shape index (κ1) is 14.1. The van der Waals surface area contributed by atoms with Crippen LogP contribution in [0.1, 0.15) is 36.2 Å². The predicted molar refractivity (Wildman–Crippen MR) is 79.5 cm³/mol. The second-order valence-corrected chi connectivity index (χ2v) is 5.24. The molecule has 0 aliphatic carbocycles. The van der Waals surface area contributed by atoms with Crippen molar-refractivity contribution < 1.29 is 0 Å². The summed E-state index contributed by atoms with van der Waals surface area (Å²) in [7, 11) is 1.94. The molecule has 0 spiro atoms. The molecule has 1 heterocycles. The molecule has 0 radical (unpaired) electrons. The Morgan fingerprint density at radius 2 is 2.16 bits per heavy atom. The lowest BCUT2D eigenvalue weighted by atomic mass is 9.98. The van der Waals surface area contributed by atoms with Crippen LogP contribution in [0.3, 0.4) is 0 Å². The first-order chi connectivity index (χ1) is 9.11. The number of aromatic nitrogens is 2. The van der Waals surface area contributed by atoms with Gasteiger partial charge in [-0.15, -0.1) is 0 Å². The second kappa shape index (κ2) is 6.22. The number of hydrogen-bond acceptors (Lipinski definition) is 2. The average Bonchev–Trinajstić information content (AvgIpc) is 2.78. The molecule has 1 aromatic carbocycles. The topological polar surface area (TPSA) is 29.9 Å². The minimum absolute atomic E-state index is 0.124. The van der Waals surface area contributed by atoms with E-state index in [9.17, 15) is 0 Å². The smallest absolute Gasteiger partial charge is 0.0839 e. The lowest BCUT2D eigenvalue weighted by molar-refractivity contribution is 0.573. The number of hydrogen-bond donors (Lipinski definition) is 1. The molecule has 0 saturated heterocycles. The third kappa shape index (κ3) is 3.37. The molecule has 1 atom stereocenters. The highest BCUT2D eigenvalue weighted by Crippen LogP contribution is 2.26. The van der Waals surface area contributed by atoms with E-state index < -0.39 is 0 Å². The number of benzene rings is 1. The molecule has 0 aliphatic heterocycles. The van der Waals surface area contributed by atoms with Crippen LogP contribution < -0.4 is 5.32 Å². The van der Waals surface area contributed by atoms with Gasteiger partial charge in [0.15, 0.2) is 0 Å². The lowest BCUT2D eigenvalue weighted by Gasteiger charge is -2.19. The molecular weight excluding hydrogens is 258 g/mol. The number of nitrogens with one attached hydrogen (secondary N) is 1. The van der Waals surface area contributed by atoms with Crippen molar-refractivity contribution in [2.24, 2.45) is 7.05 Å². The second-order valence-electron chi connectivity index (χ2n) is 4.80. The van der Waals surface area contributed by atoms with Gasteiger partial charge in [-0.3, -0.25) is 4.68 Å². The van der Waals surface area contributed by atoms with Crippen LogP contribution >= 0.6 is 11.6 Å². The Bertz CT molecular complexity index is 548. The van der Waals surface area contributed by atoms with Crippen LogP contribution in [-0.2, 0) is 7.05 Å². The molecule has 3 nitrogen and oxygen atoms in total. The average molecular weight is 278 g/mol. The minimum Gasteiger partial charge on any atom is -0.305 e. The highest BCUT2D eigenvalue weighted by Gasteiger charge is 2.17. The molecule has 2 aromatic rings. The molecule has 0 fully saturated rings. The first-order valence-corrected chi connectivity index (χ1v) is 6.98. The summed E-state index contributed by atoms with van der Waals surface area (Å²) in [5.41, 5.74) is 3.46. The van der Waals surface area contributed by atoms with Gasteiger partial charge in [0.1, 0.15) is 0 Å². The van der Waals surface area contributed by atoms with Crippen LogP contribution in [0.4, 0.5) is 0 Å². The van der Waals surface area contributed by atoms with Crippen LogP contribution in [0.2, 0.25) is 5.02 Å². The van der Waals surface area contributed by atoms with Gasteiger partial charge in [0.2, 0.25) is 0 Å². The Hall–Kier alpha value is -1.32. The van der Waals surface area contributed by atoms with E-state index in [1.807, 2.05) is 30.1 Å². The fourth-order valence-corrected chi connectivity index (χ4v) is 2.44. The third-order valence-electron chi connectivity index (χ3n) is 3.17. The van der Waals surface area contributed by atoms with Crippen molar-refractivity contribution in [1.29, 1.82) is 0 Å². The summed E-state index contributed by atoms with van der Waals surface area (Å²) in [6, 6.07) is 8.20.